The zero-order chi connectivity index (χ0) is 9.19. The fraction of sp³-hybridized carbons (Fsp3) is 1.00. The normalized spacial score (nSPS) is 29.8. The van der Waals surface area contributed by atoms with Gasteiger partial charge in [0, 0.05) is 6.61 Å². The molecule has 0 saturated heterocycles. The molecule has 0 heterocycles. The van der Waals surface area contributed by atoms with Crippen LogP contribution >= 0.6 is 0 Å². The third-order valence-corrected chi connectivity index (χ3v) is 2.90. The Labute approximate surface area is 72.1 Å². The van der Waals surface area contributed by atoms with Gasteiger partial charge >= 0.3 is 10.2 Å². The van der Waals surface area contributed by atoms with Crippen LogP contribution in [0.1, 0.15) is 19.8 Å². The van der Waals surface area contributed by atoms with Gasteiger partial charge in [0.15, 0.2) is 0 Å². The lowest BCUT2D eigenvalue weighted by atomic mass is 9.84. The maximum atomic E-state index is 12.1. The van der Waals surface area contributed by atoms with E-state index in [4.69, 9.17) is 4.74 Å². The van der Waals surface area contributed by atoms with Crippen LogP contribution in [-0.2, 0) is 15.0 Å². The number of halogens is 1. The second-order valence-electron chi connectivity index (χ2n) is 3.12. The predicted molar refractivity (Wildman–Crippen MR) is 43.0 cm³/mol. The van der Waals surface area contributed by atoms with E-state index >= 15 is 0 Å². The van der Waals surface area contributed by atoms with Crippen LogP contribution in [0.25, 0.3) is 0 Å². The Balaban J connectivity index is 2.18. The summed E-state index contributed by atoms with van der Waals surface area (Å²) in [7, 11) is -4.28. The molecule has 0 unspecified atom stereocenters. The van der Waals surface area contributed by atoms with Crippen molar-refractivity contribution < 1.29 is 17.0 Å². The predicted octanol–water partition coefficient (Wildman–Crippen LogP) is 1.10. The van der Waals surface area contributed by atoms with Gasteiger partial charge in [0.25, 0.3) is 0 Å². The van der Waals surface area contributed by atoms with Crippen molar-refractivity contribution in [1.29, 1.82) is 0 Å². The highest BCUT2D eigenvalue weighted by Crippen LogP contribution is 2.31. The van der Waals surface area contributed by atoms with Gasteiger partial charge in [-0.25, -0.2) is 0 Å². The van der Waals surface area contributed by atoms with Gasteiger partial charge in [-0.05, 0) is 25.7 Å². The molecule has 12 heavy (non-hydrogen) atoms. The van der Waals surface area contributed by atoms with E-state index in [2.05, 4.69) is 0 Å². The van der Waals surface area contributed by atoms with Gasteiger partial charge in [0.1, 0.15) is 0 Å². The summed E-state index contributed by atoms with van der Waals surface area (Å²) in [6, 6.07) is 0. The minimum atomic E-state index is -4.28. The Kier molecular flexibility index (Phi) is 3.06. The molecule has 0 aromatic carbocycles. The molecule has 1 aliphatic rings. The van der Waals surface area contributed by atoms with E-state index in [-0.39, 0.29) is 17.8 Å². The number of rotatable bonds is 4. The molecule has 0 aliphatic heterocycles. The monoisotopic (exact) mass is 196 g/mol. The van der Waals surface area contributed by atoms with Crippen LogP contribution < -0.4 is 0 Å². The smallest absolute Gasteiger partial charge is 0.302 e. The largest absolute Gasteiger partial charge is 0.378 e. The minimum Gasteiger partial charge on any atom is -0.378 e. The van der Waals surface area contributed by atoms with Crippen molar-refractivity contribution in [3.05, 3.63) is 0 Å². The summed E-state index contributed by atoms with van der Waals surface area (Å²) in [5, 5.41) is 0. The first-order valence-corrected chi connectivity index (χ1v) is 5.60. The molecule has 5 heteroatoms. The Hall–Kier alpha value is -0.160. The van der Waals surface area contributed by atoms with E-state index in [9.17, 15) is 12.3 Å². The lowest BCUT2D eigenvalue weighted by Crippen LogP contribution is -2.34. The van der Waals surface area contributed by atoms with Crippen LogP contribution in [0.3, 0.4) is 0 Å². The summed E-state index contributed by atoms with van der Waals surface area (Å²) in [6.07, 6.45) is 1.51. The molecule has 1 saturated carbocycles. The Morgan fingerprint density at radius 2 is 2.08 bits per heavy atom. The molecule has 0 N–H and O–H groups in total. The Bertz CT molecular complexity index is 231. The lowest BCUT2D eigenvalue weighted by molar-refractivity contribution is -0.0181. The first kappa shape index (κ1) is 9.92. The second-order valence-corrected chi connectivity index (χ2v) is 4.53. The van der Waals surface area contributed by atoms with Crippen LogP contribution in [0.4, 0.5) is 3.89 Å². The van der Waals surface area contributed by atoms with Gasteiger partial charge < -0.3 is 4.74 Å². The molecule has 0 spiro atoms. The van der Waals surface area contributed by atoms with Gasteiger partial charge in [-0.1, -0.05) is 0 Å². The van der Waals surface area contributed by atoms with E-state index in [0.717, 1.165) is 0 Å². The van der Waals surface area contributed by atoms with Gasteiger partial charge in [-0.3, -0.25) is 0 Å². The van der Waals surface area contributed by atoms with Crippen molar-refractivity contribution in [2.45, 2.75) is 25.9 Å². The number of ether oxygens (including phenoxy) is 1. The fourth-order valence-electron chi connectivity index (χ4n) is 1.46. The average Bonchev–Trinajstić information content (AvgIpc) is 1.80. The van der Waals surface area contributed by atoms with Crippen molar-refractivity contribution in [1.82, 2.24) is 0 Å². The van der Waals surface area contributed by atoms with E-state index < -0.39 is 10.2 Å². The summed E-state index contributed by atoms with van der Waals surface area (Å²) in [5.74, 6) is -0.368. The summed E-state index contributed by atoms with van der Waals surface area (Å²) in [6.45, 7) is 2.53. The van der Waals surface area contributed by atoms with E-state index in [0.29, 0.717) is 19.4 Å². The van der Waals surface area contributed by atoms with Crippen LogP contribution in [0.2, 0.25) is 0 Å². The van der Waals surface area contributed by atoms with Gasteiger partial charge in [-0.2, -0.15) is 8.42 Å². The third-order valence-electron chi connectivity index (χ3n) is 2.03. The molecule has 72 valence electrons. The molecule has 1 rings (SSSR count). The highest BCUT2D eigenvalue weighted by molar-refractivity contribution is 7.86. The maximum Gasteiger partial charge on any atom is 0.302 e. The van der Waals surface area contributed by atoms with Gasteiger partial charge in [-0.15, -0.1) is 3.89 Å². The molecule has 1 aliphatic carbocycles. The number of hydrogen-bond acceptors (Lipinski definition) is 3. The average molecular weight is 196 g/mol. The summed E-state index contributed by atoms with van der Waals surface area (Å²) in [5.41, 5.74) is 0. The molecule has 0 aromatic rings. The van der Waals surface area contributed by atoms with Crippen LogP contribution in [0.5, 0.6) is 0 Å². The van der Waals surface area contributed by atoms with Crippen molar-refractivity contribution in [2.24, 2.45) is 5.92 Å². The summed E-state index contributed by atoms with van der Waals surface area (Å²) < 4.78 is 37.7. The Morgan fingerprint density at radius 3 is 2.50 bits per heavy atom. The Morgan fingerprint density at radius 1 is 1.50 bits per heavy atom. The van der Waals surface area contributed by atoms with Crippen molar-refractivity contribution >= 4 is 10.2 Å². The molecular weight excluding hydrogens is 183 g/mol. The first-order chi connectivity index (χ1) is 5.51. The molecule has 0 aromatic heterocycles. The van der Waals surface area contributed by atoms with E-state index in [1.54, 1.807) is 0 Å². The van der Waals surface area contributed by atoms with Crippen LogP contribution in [0, 0.1) is 5.92 Å². The van der Waals surface area contributed by atoms with Crippen LogP contribution in [0.15, 0.2) is 0 Å². The highest BCUT2D eigenvalue weighted by Gasteiger charge is 2.32. The molecule has 0 bridgehead atoms. The standard InChI is InChI=1S/C7H13FO3S/c1-2-11-7-3-6(4-7)5-12(8,9)10/h6-7H,2-5H2,1H3. The minimum absolute atomic E-state index is 0.0310. The maximum absolute atomic E-state index is 12.1. The van der Waals surface area contributed by atoms with Crippen molar-refractivity contribution in [2.75, 3.05) is 12.4 Å². The SMILES string of the molecule is CCOC1CC(CS(=O)(=O)F)C1. The highest BCUT2D eigenvalue weighted by atomic mass is 32.3. The van der Waals surface area contributed by atoms with Crippen molar-refractivity contribution in [3.63, 3.8) is 0 Å². The molecular formula is C7H13FO3S. The summed E-state index contributed by atoms with van der Waals surface area (Å²) in [4.78, 5) is 0. The van der Waals surface area contributed by atoms with Crippen molar-refractivity contribution in [3.8, 4) is 0 Å². The van der Waals surface area contributed by atoms with E-state index in [1.165, 1.54) is 0 Å². The molecule has 1 fully saturated rings. The zero-order valence-corrected chi connectivity index (χ0v) is 7.81. The van der Waals surface area contributed by atoms with Crippen LogP contribution in [-0.4, -0.2) is 26.9 Å². The number of hydrogen-bond donors (Lipinski definition) is 0. The lowest BCUT2D eigenvalue weighted by Gasteiger charge is -2.33. The molecule has 0 radical (unpaired) electrons. The first-order valence-electron chi connectivity index (χ1n) is 4.05. The quantitative estimate of drug-likeness (QED) is 0.632. The summed E-state index contributed by atoms with van der Waals surface area (Å²) >= 11 is 0. The zero-order valence-electron chi connectivity index (χ0n) is 6.99. The second kappa shape index (κ2) is 3.70. The topological polar surface area (TPSA) is 43.4 Å². The van der Waals surface area contributed by atoms with Gasteiger partial charge in [0.05, 0.1) is 11.9 Å². The molecule has 0 atom stereocenters. The molecule has 3 nitrogen and oxygen atoms in total. The molecule has 0 amide bonds. The van der Waals surface area contributed by atoms with Gasteiger partial charge in [0.2, 0.25) is 0 Å². The third kappa shape index (κ3) is 3.06. The van der Waals surface area contributed by atoms with E-state index in [1.807, 2.05) is 6.92 Å². The fourth-order valence-corrected chi connectivity index (χ4v) is 2.30.